The highest BCUT2D eigenvalue weighted by Gasteiger charge is 2.09. The number of anilines is 2. The topological polar surface area (TPSA) is 66.9 Å². The Morgan fingerprint density at radius 2 is 1.80 bits per heavy atom. The molecule has 8 heteroatoms. The lowest BCUT2D eigenvalue weighted by atomic mass is 10.2. The number of carbonyl (C=O) groups is 1. The lowest BCUT2D eigenvalue weighted by molar-refractivity contribution is 0.262. The highest BCUT2D eigenvalue weighted by molar-refractivity contribution is 7.98. The molecule has 0 saturated carbocycles. The Hall–Kier alpha value is -2.09. The van der Waals surface area contributed by atoms with Crippen molar-refractivity contribution in [1.29, 1.82) is 0 Å². The number of amides is 2. The molecular formula is C17H15ClN4OS2. The summed E-state index contributed by atoms with van der Waals surface area (Å²) in [5, 5.41) is 15.6. The Labute approximate surface area is 158 Å². The number of urea groups is 1. The summed E-state index contributed by atoms with van der Waals surface area (Å²) in [5.41, 5.74) is 1.86. The number of thioether (sulfide) groups is 1. The van der Waals surface area contributed by atoms with E-state index in [2.05, 4.69) is 20.8 Å². The average Bonchev–Trinajstić information content (AvgIpc) is 3.04. The van der Waals surface area contributed by atoms with E-state index in [9.17, 15) is 4.79 Å². The van der Waals surface area contributed by atoms with Gasteiger partial charge in [0.2, 0.25) is 5.13 Å². The van der Waals surface area contributed by atoms with E-state index in [0.29, 0.717) is 15.9 Å². The first kappa shape index (κ1) is 17.7. The molecule has 3 rings (SSSR count). The number of carbonyl (C=O) groups excluding carboxylic acids is 1. The minimum Gasteiger partial charge on any atom is -0.308 e. The van der Waals surface area contributed by atoms with E-state index in [1.807, 2.05) is 55.5 Å². The number of aromatic nitrogens is 2. The van der Waals surface area contributed by atoms with E-state index in [1.165, 1.54) is 11.3 Å². The molecule has 0 atom stereocenters. The SMILES string of the molecule is Cc1ccc(NC(=O)Nc2nnc(CSc3ccc(Cl)cc3)s2)cc1. The molecule has 5 nitrogen and oxygen atoms in total. The zero-order valence-electron chi connectivity index (χ0n) is 13.3. The predicted octanol–water partition coefficient (Wildman–Crippen LogP) is 5.44. The highest BCUT2D eigenvalue weighted by atomic mass is 35.5. The van der Waals surface area contributed by atoms with Gasteiger partial charge in [-0.2, -0.15) is 0 Å². The summed E-state index contributed by atoms with van der Waals surface area (Å²) in [7, 11) is 0. The van der Waals surface area contributed by atoms with Gasteiger partial charge in [-0.25, -0.2) is 4.79 Å². The summed E-state index contributed by atoms with van der Waals surface area (Å²) in [6.45, 7) is 1.99. The van der Waals surface area contributed by atoms with Crippen LogP contribution in [0.2, 0.25) is 5.02 Å². The smallest absolute Gasteiger partial charge is 0.308 e. The van der Waals surface area contributed by atoms with Crippen molar-refractivity contribution in [2.45, 2.75) is 17.6 Å². The number of aryl methyl sites for hydroxylation is 1. The van der Waals surface area contributed by atoms with Crippen molar-refractivity contribution in [2.75, 3.05) is 10.6 Å². The van der Waals surface area contributed by atoms with Crippen molar-refractivity contribution >= 4 is 51.5 Å². The van der Waals surface area contributed by atoms with Gasteiger partial charge in [-0.15, -0.1) is 22.0 Å². The molecule has 0 saturated heterocycles. The predicted molar refractivity (Wildman–Crippen MR) is 105 cm³/mol. The number of halogens is 1. The molecule has 0 aliphatic carbocycles. The number of benzene rings is 2. The summed E-state index contributed by atoms with van der Waals surface area (Å²) in [6, 6.07) is 14.9. The van der Waals surface area contributed by atoms with Crippen LogP contribution in [-0.2, 0) is 5.75 Å². The Balaban J connectivity index is 1.51. The first-order valence-corrected chi connectivity index (χ1v) is 9.62. The fraction of sp³-hybridized carbons (Fsp3) is 0.118. The Morgan fingerprint density at radius 3 is 2.52 bits per heavy atom. The fourth-order valence-corrected chi connectivity index (χ4v) is 3.68. The van der Waals surface area contributed by atoms with Crippen LogP contribution in [0.1, 0.15) is 10.6 Å². The van der Waals surface area contributed by atoms with Gasteiger partial charge in [-0.05, 0) is 43.3 Å². The summed E-state index contributed by atoms with van der Waals surface area (Å²) in [6.07, 6.45) is 0. The second-order valence-corrected chi connectivity index (χ2v) is 7.74. The van der Waals surface area contributed by atoms with Crippen LogP contribution in [0, 0.1) is 6.92 Å². The molecular weight excluding hydrogens is 376 g/mol. The van der Waals surface area contributed by atoms with Crippen LogP contribution in [-0.4, -0.2) is 16.2 Å². The Morgan fingerprint density at radius 1 is 1.08 bits per heavy atom. The maximum atomic E-state index is 12.0. The molecule has 2 amide bonds. The zero-order chi connectivity index (χ0) is 17.6. The van der Waals surface area contributed by atoms with Crippen LogP contribution < -0.4 is 10.6 Å². The quantitative estimate of drug-likeness (QED) is 0.569. The van der Waals surface area contributed by atoms with Crippen LogP contribution >= 0.6 is 34.7 Å². The molecule has 3 aromatic rings. The second-order valence-electron chi connectivity index (χ2n) is 5.19. The zero-order valence-corrected chi connectivity index (χ0v) is 15.7. The number of hydrogen-bond donors (Lipinski definition) is 2. The van der Waals surface area contributed by atoms with Crippen LogP contribution in [0.3, 0.4) is 0 Å². The minimum absolute atomic E-state index is 0.336. The largest absolute Gasteiger partial charge is 0.325 e. The lowest BCUT2D eigenvalue weighted by Gasteiger charge is -2.05. The molecule has 1 heterocycles. The van der Waals surface area contributed by atoms with Gasteiger partial charge in [0.25, 0.3) is 0 Å². The van der Waals surface area contributed by atoms with Gasteiger partial charge < -0.3 is 5.32 Å². The molecule has 0 aliphatic rings. The summed E-state index contributed by atoms with van der Waals surface area (Å²) < 4.78 is 0. The number of hydrogen-bond acceptors (Lipinski definition) is 5. The number of nitrogens with one attached hydrogen (secondary N) is 2. The van der Waals surface area contributed by atoms with Gasteiger partial charge in [-0.1, -0.05) is 40.6 Å². The molecule has 2 aromatic carbocycles. The van der Waals surface area contributed by atoms with Gasteiger partial charge >= 0.3 is 6.03 Å². The monoisotopic (exact) mass is 390 g/mol. The minimum atomic E-state index is -0.336. The maximum absolute atomic E-state index is 12.0. The molecule has 0 spiro atoms. The highest BCUT2D eigenvalue weighted by Crippen LogP contribution is 2.26. The van der Waals surface area contributed by atoms with Gasteiger partial charge in [0, 0.05) is 15.6 Å². The first-order valence-electron chi connectivity index (χ1n) is 7.44. The maximum Gasteiger partial charge on any atom is 0.325 e. The average molecular weight is 391 g/mol. The van der Waals surface area contributed by atoms with Crippen LogP contribution in [0.4, 0.5) is 15.6 Å². The molecule has 0 unspecified atom stereocenters. The number of rotatable bonds is 5. The molecule has 0 aliphatic heterocycles. The van der Waals surface area contributed by atoms with Gasteiger partial charge in [0.15, 0.2) is 0 Å². The van der Waals surface area contributed by atoms with Crippen molar-refractivity contribution in [2.24, 2.45) is 0 Å². The second kappa shape index (κ2) is 8.33. The Kier molecular flexibility index (Phi) is 5.91. The molecule has 25 heavy (non-hydrogen) atoms. The standard InChI is InChI=1S/C17H15ClN4OS2/c1-11-2-6-13(7-3-11)19-16(23)20-17-22-21-15(25-17)10-24-14-8-4-12(18)5-9-14/h2-9H,10H2,1H3,(H2,19,20,22,23). The first-order chi connectivity index (χ1) is 12.1. The van der Waals surface area contributed by atoms with E-state index in [-0.39, 0.29) is 6.03 Å². The van der Waals surface area contributed by atoms with Crippen molar-refractivity contribution < 1.29 is 4.79 Å². The summed E-state index contributed by atoms with van der Waals surface area (Å²) in [4.78, 5) is 13.1. The fourth-order valence-electron chi connectivity index (χ4n) is 1.93. The van der Waals surface area contributed by atoms with E-state index in [4.69, 9.17) is 11.6 Å². The molecule has 0 fully saturated rings. The third-order valence-electron chi connectivity index (χ3n) is 3.17. The normalized spacial score (nSPS) is 10.5. The third kappa shape index (κ3) is 5.45. The van der Waals surface area contributed by atoms with Crippen molar-refractivity contribution in [3.8, 4) is 0 Å². The number of nitrogens with zero attached hydrogens (tertiary/aromatic N) is 2. The van der Waals surface area contributed by atoms with E-state index < -0.39 is 0 Å². The van der Waals surface area contributed by atoms with Crippen LogP contribution in [0.5, 0.6) is 0 Å². The molecule has 0 radical (unpaired) electrons. The molecule has 0 bridgehead atoms. The van der Waals surface area contributed by atoms with Crippen molar-refractivity contribution in [1.82, 2.24) is 10.2 Å². The molecule has 128 valence electrons. The summed E-state index contributed by atoms with van der Waals surface area (Å²) >= 11 is 8.87. The van der Waals surface area contributed by atoms with Crippen LogP contribution in [0.25, 0.3) is 0 Å². The van der Waals surface area contributed by atoms with Crippen molar-refractivity contribution in [3.63, 3.8) is 0 Å². The van der Waals surface area contributed by atoms with Gasteiger partial charge in [-0.3, -0.25) is 5.32 Å². The lowest BCUT2D eigenvalue weighted by Crippen LogP contribution is -2.19. The molecule has 1 aromatic heterocycles. The van der Waals surface area contributed by atoms with Crippen LogP contribution in [0.15, 0.2) is 53.4 Å². The van der Waals surface area contributed by atoms with E-state index >= 15 is 0 Å². The van der Waals surface area contributed by atoms with Crippen molar-refractivity contribution in [3.05, 3.63) is 64.1 Å². The van der Waals surface area contributed by atoms with Gasteiger partial charge in [0.1, 0.15) is 5.01 Å². The molecule has 2 N–H and O–H groups in total. The van der Waals surface area contributed by atoms with E-state index in [1.54, 1.807) is 11.8 Å². The summed E-state index contributed by atoms with van der Waals surface area (Å²) in [5.74, 6) is 0.681. The third-order valence-corrected chi connectivity index (χ3v) is 5.47. The van der Waals surface area contributed by atoms with E-state index in [0.717, 1.165) is 21.2 Å². The van der Waals surface area contributed by atoms with Gasteiger partial charge in [0.05, 0.1) is 5.75 Å². The Bertz CT molecular complexity index is 850.